The van der Waals surface area contributed by atoms with Crippen LogP contribution in [-0.2, 0) is 5.11 Å². The van der Waals surface area contributed by atoms with Gasteiger partial charge in [-0.1, -0.05) is 0 Å². The standard InChI is InChI=1S/C7H17N2O/c1-8(2)6-5-7(10)9(3)4/h7H,5-6H2,1-4H3. The zero-order valence-electron chi connectivity index (χ0n) is 7.29. The van der Waals surface area contributed by atoms with Crippen molar-refractivity contribution in [2.45, 2.75) is 12.6 Å². The topological polar surface area (TPSA) is 26.4 Å². The molecule has 0 spiro atoms. The van der Waals surface area contributed by atoms with E-state index in [4.69, 9.17) is 0 Å². The molecule has 0 aromatic carbocycles. The Morgan fingerprint density at radius 2 is 1.70 bits per heavy atom. The number of rotatable bonds is 4. The molecule has 0 bridgehead atoms. The third-order valence-electron chi connectivity index (χ3n) is 1.40. The monoisotopic (exact) mass is 145 g/mol. The van der Waals surface area contributed by atoms with E-state index in [1.54, 1.807) is 4.90 Å². The highest BCUT2D eigenvalue weighted by atomic mass is 16.3. The molecule has 0 saturated carbocycles. The Balaban J connectivity index is 3.30. The molecule has 1 atom stereocenters. The summed E-state index contributed by atoms with van der Waals surface area (Å²) in [5.41, 5.74) is 0. The van der Waals surface area contributed by atoms with E-state index in [9.17, 15) is 5.11 Å². The van der Waals surface area contributed by atoms with Gasteiger partial charge in [0.2, 0.25) is 0 Å². The summed E-state index contributed by atoms with van der Waals surface area (Å²) in [6.07, 6.45) is 0.141. The molecule has 1 unspecified atom stereocenters. The molecule has 0 N–H and O–H groups in total. The van der Waals surface area contributed by atoms with Gasteiger partial charge in [-0.3, -0.25) is 4.90 Å². The van der Waals surface area contributed by atoms with Crippen LogP contribution >= 0.6 is 0 Å². The number of hydrogen-bond donors (Lipinski definition) is 0. The molecular formula is C7H17N2O. The van der Waals surface area contributed by atoms with E-state index in [0.717, 1.165) is 6.54 Å². The maximum absolute atomic E-state index is 11.0. The van der Waals surface area contributed by atoms with E-state index >= 15 is 0 Å². The van der Waals surface area contributed by atoms with Gasteiger partial charge in [-0.2, -0.15) is 0 Å². The summed E-state index contributed by atoms with van der Waals surface area (Å²) < 4.78 is 0. The van der Waals surface area contributed by atoms with Crippen molar-refractivity contribution < 1.29 is 5.11 Å². The van der Waals surface area contributed by atoms with Crippen molar-refractivity contribution in [1.82, 2.24) is 9.80 Å². The summed E-state index contributed by atoms with van der Waals surface area (Å²) in [4.78, 5) is 3.72. The van der Waals surface area contributed by atoms with Gasteiger partial charge >= 0.3 is 0 Å². The van der Waals surface area contributed by atoms with E-state index in [1.165, 1.54) is 0 Å². The molecule has 0 rings (SSSR count). The molecule has 0 saturated heterocycles. The average Bonchev–Trinajstić information content (AvgIpc) is 1.82. The highest BCUT2D eigenvalue weighted by Crippen LogP contribution is 1.95. The van der Waals surface area contributed by atoms with Crippen molar-refractivity contribution in [2.75, 3.05) is 34.7 Å². The smallest absolute Gasteiger partial charge is 0.147 e. The molecule has 3 heteroatoms. The van der Waals surface area contributed by atoms with Crippen LogP contribution in [0.5, 0.6) is 0 Å². The summed E-state index contributed by atoms with van der Waals surface area (Å²) in [5, 5.41) is 11.0. The summed E-state index contributed by atoms with van der Waals surface area (Å²) in [7, 11) is 7.57. The second-order valence-electron chi connectivity index (χ2n) is 3.01. The fourth-order valence-corrected chi connectivity index (χ4v) is 0.627. The third-order valence-corrected chi connectivity index (χ3v) is 1.40. The van der Waals surface area contributed by atoms with Crippen molar-refractivity contribution in [3.63, 3.8) is 0 Å². The Kier molecular flexibility index (Phi) is 4.60. The van der Waals surface area contributed by atoms with Crippen molar-refractivity contribution in [2.24, 2.45) is 0 Å². The fraction of sp³-hybridized carbons (Fsp3) is 1.00. The van der Waals surface area contributed by atoms with Gasteiger partial charge in [-0.05, 0) is 28.2 Å². The molecule has 0 aliphatic rings. The molecule has 0 heterocycles. The zero-order valence-corrected chi connectivity index (χ0v) is 7.29. The van der Waals surface area contributed by atoms with E-state index in [2.05, 4.69) is 0 Å². The molecule has 0 fully saturated rings. The lowest BCUT2D eigenvalue weighted by Gasteiger charge is -2.17. The fourth-order valence-electron chi connectivity index (χ4n) is 0.627. The normalized spacial score (nSPS) is 14.7. The Morgan fingerprint density at radius 3 is 2.00 bits per heavy atom. The van der Waals surface area contributed by atoms with Gasteiger partial charge in [0.05, 0.1) is 0 Å². The zero-order chi connectivity index (χ0) is 8.15. The Labute approximate surface area is 63.2 Å². The van der Waals surface area contributed by atoms with Crippen molar-refractivity contribution in [3.8, 4) is 0 Å². The maximum Gasteiger partial charge on any atom is 0.147 e. The predicted octanol–water partition coefficient (Wildman–Crippen LogP) is 0.256. The van der Waals surface area contributed by atoms with Crippen molar-refractivity contribution in [3.05, 3.63) is 0 Å². The molecule has 0 aromatic rings. The quantitative estimate of drug-likeness (QED) is 0.530. The lowest BCUT2D eigenvalue weighted by atomic mass is 10.3. The van der Waals surface area contributed by atoms with Gasteiger partial charge in [0.15, 0.2) is 0 Å². The van der Waals surface area contributed by atoms with Gasteiger partial charge in [-0.25, -0.2) is 5.11 Å². The first-order valence-corrected chi connectivity index (χ1v) is 3.51. The highest BCUT2D eigenvalue weighted by Gasteiger charge is 2.07. The first-order chi connectivity index (χ1) is 4.54. The summed E-state index contributed by atoms with van der Waals surface area (Å²) in [6.45, 7) is 0.867. The lowest BCUT2D eigenvalue weighted by Crippen LogP contribution is -2.29. The van der Waals surface area contributed by atoms with E-state index < -0.39 is 6.23 Å². The lowest BCUT2D eigenvalue weighted by molar-refractivity contribution is -0.0295. The third kappa shape index (κ3) is 4.73. The van der Waals surface area contributed by atoms with Crippen LogP contribution in [0.1, 0.15) is 6.42 Å². The molecule has 0 amide bonds. The summed E-state index contributed by atoms with van der Waals surface area (Å²) in [6, 6.07) is 0. The molecule has 10 heavy (non-hydrogen) atoms. The first kappa shape index (κ1) is 9.88. The highest BCUT2D eigenvalue weighted by molar-refractivity contribution is 4.53. The van der Waals surface area contributed by atoms with Crippen molar-refractivity contribution in [1.29, 1.82) is 0 Å². The average molecular weight is 145 g/mol. The molecular weight excluding hydrogens is 128 g/mol. The van der Waals surface area contributed by atoms with Gasteiger partial charge in [0.25, 0.3) is 0 Å². The van der Waals surface area contributed by atoms with Crippen LogP contribution in [0.3, 0.4) is 0 Å². The van der Waals surface area contributed by atoms with Gasteiger partial charge in [0.1, 0.15) is 6.23 Å². The number of nitrogens with zero attached hydrogens (tertiary/aromatic N) is 2. The van der Waals surface area contributed by atoms with Gasteiger partial charge < -0.3 is 4.90 Å². The summed E-state index contributed by atoms with van der Waals surface area (Å²) in [5.74, 6) is 0. The SMILES string of the molecule is CN(C)CCC([O])N(C)C. The summed E-state index contributed by atoms with van der Waals surface area (Å²) >= 11 is 0. The number of hydrogen-bond acceptors (Lipinski definition) is 2. The predicted molar refractivity (Wildman–Crippen MR) is 41.3 cm³/mol. The molecule has 61 valence electrons. The van der Waals surface area contributed by atoms with Crippen LogP contribution < -0.4 is 0 Å². The van der Waals surface area contributed by atoms with Crippen LogP contribution in [-0.4, -0.2) is 50.8 Å². The second kappa shape index (κ2) is 4.66. The minimum absolute atomic E-state index is 0.553. The molecule has 1 radical (unpaired) electrons. The van der Waals surface area contributed by atoms with Crippen LogP contribution in [0, 0.1) is 0 Å². The van der Waals surface area contributed by atoms with E-state index in [-0.39, 0.29) is 0 Å². The van der Waals surface area contributed by atoms with Crippen LogP contribution in [0.25, 0.3) is 0 Å². The minimum Gasteiger partial charge on any atom is -0.309 e. The van der Waals surface area contributed by atoms with Crippen LogP contribution in [0.15, 0.2) is 0 Å². The molecule has 0 aromatic heterocycles. The van der Waals surface area contributed by atoms with Crippen LogP contribution in [0.2, 0.25) is 0 Å². The Bertz CT molecular complexity index is 83.7. The molecule has 0 aliphatic carbocycles. The second-order valence-corrected chi connectivity index (χ2v) is 3.01. The van der Waals surface area contributed by atoms with E-state index in [1.807, 2.05) is 33.1 Å². The van der Waals surface area contributed by atoms with E-state index in [0.29, 0.717) is 6.42 Å². The van der Waals surface area contributed by atoms with Crippen molar-refractivity contribution >= 4 is 0 Å². The maximum atomic E-state index is 11.0. The molecule has 3 nitrogen and oxygen atoms in total. The Hall–Kier alpha value is -0.120. The minimum atomic E-state index is -0.553. The van der Waals surface area contributed by atoms with Crippen LogP contribution in [0.4, 0.5) is 0 Å². The molecule has 0 aliphatic heterocycles. The Morgan fingerprint density at radius 1 is 1.20 bits per heavy atom. The van der Waals surface area contributed by atoms with Gasteiger partial charge in [-0.15, -0.1) is 0 Å². The van der Waals surface area contributed by atoms with Gasteiger partial charge in [0, 0.05) is 13.0 Å². The largest absolute Gasteiger partial charge is 0.309 e. The first-order valence-electron chi connectivity index (χ1n) is 3.51.